The molecule has 2 rings (SSSR count). The van der Waals surface area contributed by atoms with E-state index in [1.807, 2.05) is 12.2 Å². The van der Waals surface area contributed by atoms with Crippen molar-refractivity contribution >= 4 is 5.91 Å². The molecule has 0 spiro atoms. The second-order valence-corrected chi connectivity index (χ2v) is 6.83. The Morgan fingerprint density at radius 3 is 2.37 bits per heavy atom. The summed E-state index contributed by atoms with van der Waals surface area (Å²) < 4.78 is 0. The van der Waals surface area contributed by atoms with Gasteiger partial charge in [0.25, 0.3) is 0 Å². The van der Waals surface area contributed by atoms with Crippen molar-refractivity contribution in [3.8, 4) is 0 Å². The minimum Gasteiger partial charge on any atom is -0.353 e. The van der Waals surface area contributed by atoms with E-state index >= 15 is 0 Å². The molecule has 1 aliphatic carbocycles. The number of likely N-dealkylation sites (tertiary alicyclic amines) is 1. The van der Waals surface area contributed by atoms with Gasteiger partial charge in [-0.05, 0) is 40.0 Å². The Morgan fingerprint density at radius 2 is 1.89 bits per heavy atom. The quantitative estimate of drug-likeness (QED) is 0.739. The third kappa shape index (κ3) is 3.80. The molecule has 0 aromatic rings. The van der Waals surface area contributed by atoms with E-state index in [9.17, 15) is 4.79 Å². The van der Waals surface area contributed by atoms with Crippen molar-refractivity contribution in [1.29, 1.82) is 0 Å². The Balaban J connectivity index is 1.77. The first kappa shape index (κ1) is 14.5. The van der Waals surface area contributed by atoms with E-state index in [0.717, 1.165) is 32.4 Å². The summed E-state index contributed by atoms with van der Waals surface area (Å²) in [6.07, 6.45) is 6.74. The average Bonchev–Trinajstić information content (AvgIpc) is 2.75. The molecule has 2 atom stereocenters. The standard InChI is InChI=1S/C15H27N3O/c1-15(2,3)18-8-6-13(7-9-18)17-14(19)11-4-5-12(16)10-11/h4-5,11-13H,6-10,16H2,1-3H3,(H,17,19). The van der Waals surface area contributed by atoms with Gasteiger partial charge >= 0.3 is 0 Å². The zero-order chi connectivity index (χ0) is 14.0. The van der Waals surface area contributed by atoms with E-state index in [2.05, 4.69) is 31.0 Å². The Morgan fingerprint density at radius 1 is 1.26 bits per heavy atom. The number of nitrogens with one attached hydrogen (secondary N) is 1. The Kier molecular flexibility index (Phi) is 4.31. The van der Waals surface area contributed by atoms with Gasteiger partial charge in [-0.3, -0.25) is 9.69 Å². The molecule has 0 saturated carbocycles. The van der Waals surface area contributed by atoms with Gasteiger partial charge in [0.2, 0.25) is 5.91 Å². The van der Waals surface area contributed by atoms with Gasteiger partial charge < -0.3 is 11.1 Å². The Labute approximate surface area is 116 Å². The van der Waals surface area contributed by atoms with Crippen molar-refractivity contribution in [2.45, 2.75) is 57.7 Å². The summed E-state index contributed by atoms with van der Waals surface area (Å²) in [6.45, 7) is 8.87. The highest BCUT2D eigenvalue weighted by atomic mass is 16.1. The molecule has 4 nitrogen and oxygen atoms in total. The summed E-state index contributed by atoms with van der Waals surface area (Å²) in [5, 5.41) is 3.18. The van der Waals surface area contributed by atoms with Crippen molar-refractivity contribution in [3.05, 3.63) is 12.2 Å². The van der Waals surface area contributed by atoms with Crippen LogP contribution >= 0.6 is 0 Å². The van der Waals surface area contributed by atoms with Crippen molar-refractivity contribution in [2.75, 3.05) is 13.1 Å². The van der Waals surface area contributed by atoms with Gasteiger partial charge in [0.1, 0.15) is 0 Å². The molecule has 4 heteroatoms. The third-order valence-corrected chi connectivity index (χ3v) is 4.24. The minimum absolute atomic E-state index is 0.0179. The first-order chi connectivity index (χ1) is 8.86. The van der Waals surface area contributed by atoms with Crippen LogP contribution in [0.25, 0.3) is 0 Å². The summed E-state index contributed by atoms with van der Waals surface area (Å²) in [5.74, 6) is 0.133. The van der Waals surface area contributed by atoms with Crippen LogP contribution in [0.2, 0.25) is 0 Å². The van der Waals surface area contributed by atoms with E-state index in [0.29, 0.717) is 6.04 Å². The van der Waals surface area contributed by atoms with Gasteiger partial charge in [0.15, 0.2) is 0 Å². The van der Waals surface area contributed by atoms with E-state index in [4.69, 9.17) is 5.73 Å². The van der Waals surface area contributed by atoms with Gasteiger partial charge in [-0.15, -0.1) is 0 Å². The lowest BCUT2D eigenvalue weighted by atomic mass is 9.97. The van der Waals surface area contributed by atoms with E-state index in [1.54, 1.807) is 0 Å². The fraction of sp³-hybridized carbons (Fsp3) is 0.800. The maximum absolute atomic E-state index is 12.1. The fourth-order valence-electron chi connectivity index (χ4n) is 2.92. The number of nitrogens with two attached hydrogens (primary N) is 1. The maximum atomic E-state index is 12.1. The summed E-state index contributed by atoms with van der Waals surface area (Å²) in [4.78, 5) is 14.6. The largest absolute Gasteiger partial charge is 0.353 e. The average molecular weight is 265 g/mol. The molecule has 108 valence electrons. The van der Waals surface area contributed by atoms with Crippen LogP contribution in [-0.2, 0) is 4.79 Å². The van der Waals surface area contributed by atoms with Crippen molar-refractivity contribution in [2.24, 2.45) is 11.7 Å². The molecule has 1 fully saturated rings. The summed E-state index contributed by atoms with van der Waals surface area (Å²) >= 11 is 0. The molecular formula is C15H27N3O. The lowest BCUT2D eigenvalue weighted by Crippen LogP contribution is -2.51. The number of nitrogens with zero attached hydrogens (tertiary/aromatic N) is 1. The number of carbonyl (C=O) groups is 1. The molecular weight excluding hydrogens is 238 g/mol. The minimum atomic E-state index is -0.0179. The second kappa shape index (κ2) is 5.63. The normalized spacial score (nSPS) is 29.7. The highest BCUT2D eigenvalue weighted by molar-refractivity contribution is 5.81. The number of hydrogen-bond donors (Lipinski definition) is 2. The molecule has 2 unspecified atom stereocenters. The molecule has 3 N–H and O–H groups in total. The Hall–Kier alpha value is -0.870. The van der Waals surface area contributed by atoms with Crippen molar-refractivity contribution in [1.82, 2.24) is 10.2 Å². The predicted octanol–water partition coefficient (Wildman–Crippen LogP) is 1.27. The van der Waals surface area contributed by atoms with Crippen molar-refractivity contribution in [3.63, 3.8) is 0 Å². The Bertz CT molecular complexity index is 351. The number of hydrogen-bond acceptors (Lipinski definition) is 3. The molecule has 1 aliphatic heterocycles. The first-order valence-electron chi connectivity index (χ1n) is 7.35. The summed E-state index contributed by atoms with van der Waals surface area (Å²) in [7, 11) is 0. The molecule has 1 heterocycles. The molecule has 2 aliphatic rings. The SMILES string of the molecule is CC(C)(C)N1CCC(NC(=O)C2C=CC(N)C2)CC1. The highest BCUT2D eigenvalue weighted by Gasteiger charge is 2.29. The molecule has 0 aromatic carbocycles. The van der Waals surface area contributed by atoms with Gasteiger partial charge in [0.05, 0.1) is 5.92 Å². The van der Waals surface area contributed by atoms with Crippen LogP contribution in [0.15, 0.2) is 12.2 Å². The van der Waals surface area contributed by atoms with Crippen LogP contribution < -0.4 is 11.1 Å². The first-order valence-corrected chi connectivity index (χ1v) is 7.35. The van der Waals surface area contributed by atoms with Crippen LogP contribution in [-0.4, -0.2) is 41.5 Å². The van der Waals surface area contributed by atoms with Gasteiger partial charge in [-0.1, -0.05) is 12.2 Å². The third-order valence-electron chi connectivity index (χ3n) is 4.24. The van der Waals surface area contributed by atoms with Crippen LogP contribution in [0.4, 0.5) is 0 Å². The van der Waals surface area contributed by atoms with Gasteiger partial charge in [-0.2, -0.15) is 0 Å². The van der Waals surface area contributed by atoms with Crippen LogP contribution in [0.3, 0.4) is 0 Å². The molecule has 0 bridgehead atoms. The molecule has 1 saturated heterocycles. The maximum Gasteiger partial charge on any atom is 0.227 e. The van der Waals surface area contributed by atoms with E-state index < -0.39 is 0 Å². The zero-order valence-corrected chi connectivity index (χ0v) is 12.4. The summed E-state index contributed by atoms with van der Waals surface area (Å²) in [6, 6.07) is 0.384. The molecule has 19 heavy (non-hydrogen) atoms. The van der Waals surface area contributed by atoms with Gasteiger partial charge in [-0.25, -0.2) is 0 Å². The van der Waals surface area contributed by atoms with Crippen molar-refractivity contribution < 1.29 is 4.79 Å². The number of carbonyl (C=O) groups excluding carboxylic acids is 1. The highest BCUT2D eigenvalue weighted by Crippen LogP contribution is 2.21. The predicted molar refractivity (Wildman–Crippen MR) is 77.7 cm³/mol. The fourth-order valence-corrected chi connectivity index (χ4v) is 2.92. The lowest BCUT2D eigenvalue weighted by Gasteiger charge is -2.41. The number of rotatable bonds is 2. The van der Waals surface area contributed by atoms with Crippen LogP contribution in [0, 0.1) is 5.92 Å². The molecule has 0 radical (unpaired) electrons. The monoisotopic (exact) mass is 265 g/mol. The number of piperidine rings is 1. The lowest BCUT2D eigenvalue weighted by molar-refractivity contribution is -0.124. The van der Waals surface area contributed by atoms with E-state index in [-0.39, 0.29) is 23.4 Å². The smallest absolute Gasteiger partial charge is 0.227 e. The summed E-state index contributed by atoms with van der Waals surface area (Å²) in [5.41, 5.74) is 6.02. The number of amides is 1. The zero-order valence-electron chi connectivity index (χ0n) is 12.4. The van der Waals surface area contributed by atoms with E-state index in [1.165, 1.54) is 0 Å². The van der Waals surface area contributed by atoms with Gasteiger partial charge in [0, 0.05) is 30.7 Å². The van der Waals surface area contributed by atoms with Crippen LogP contribution in [0.1, 0.15) is 40.0 Å². The molecule has 1 amide bonds. The molecule has 0 aromatic heterocycles. The topological polar surface area (TPSA) is 58.4 Å². The van der Waals surface area contributed by atoms with Crippen LogP contribution in [0.5, 0.6) is 0 Å². The second-order valence-electron chi connectivity index (χ2n) is 6.83.